The van der Waals surface area contributed by atoms with Crippen molar-refractivity contribution in [3.05, 3.63) is 31.9 Å². The first kappa shape index (κ1) is 10.2. The molecule has 2 aromatic rings. The van der Waals surface area contributed by atoms with Crippen LogP contribution in [0.25, 0.3) is 11.4 Å². The average Bonchev–Trinajstić information content (AvgIpc) is 2.51. The molecular formula is C8H3Br2FN2S. The predicted molar refractivity (Wildman–Crippen MR) is 60.7 cm³/mol. The minimum atomic E-state index is -0.378. The van der Waals surface area contributed by atoms with Crippen LogP contribution in [0.15, 0.2) is 26.0 Å². The van der Waals surface area contributed by atoms with Crippen LogP contribution in [-0.4, -0.2) is 9.97 Å². The van der Waals surface area contributed by atoms with Gasteiger partial charge >= 0.3 is 0 Å². The monoisotopic (exact) mass is 336 g/mol. The van der Waals surface area contributed by atoms with Crippen LogP contribution < -0.4 is 0 Å². The van der Waals surface area contributed by atoms with Gasteiger partial charge in [-0.3, -0.25) is 4.98 Å². The molecule has 0 fully saturated rings. The second-order valence-electron chi connectivity index (χ2n) is 2.47. The van der Waals surface area contributed by atoms with E-state index in [0.717, 1.165) is 3.92 Å². The fourth-order valence-electron chi connectivity index (χ4n) is 0.964. The maximum atomic E-state index is 13.4. The molecule has 0 aromatic carbocycles. The van der Waals surface area contributed by atoms with Crippen LogP contribution in [0.4, 0.5) is 4.39 Å². The minimum Gasteiger partial charge on any atom is -0.250 e. The lowest BCUT2D eigenvalue weighted by Gasteiger charge is -1.97. The molecule has 0 saturated heterocycles. The van der Waals surface area contributed by atoms with Gasteiger partial charge in [-0.1, -0.05) is 0 Å². The quantitative estimate of drug-likeness (QED) is 0.789. The van der Waals surface area contributed by atoms with Crippen molar-refractivity contribution in [1.82, 2.24) is 9.97 Å². The van der Waals surface area contributed by atoms with E-state index in [2.05, 4.69) is 41.8 Å². The van der Waals surface area contributed by atoms with E-state index in [1.807, 2.05) is 0 Å². The topological polar surface area (TPSA) is 25.8 Å². The summed E-state index contributed by atoms with van der Waals surface area (Å²) in [5.74, 6) is -0.378. The lowest BCUT2D eigenvalue weighted by Crippen LogP contribution is -1.88. The zero-order valence-corrected chi connectivity index (χ0v) is 10.7. The molecule has 0 bridgehead atoms. The largest absolute Gasteiger partial charge is 0.250 e. The van der Waals surface area contributed by atoms with Gasteiger partial charge in [0.15, 0.2) is 9.73 Å². The molecule has 0 aliphatic heterocycles. The van der Waals surface area contributed by atoms with Gasteiger partial charge in [0.05, 0.1) is 0 Å². The van der Waals surface area contributed by atoms with Gasteiger partial charge in [-0.2, -0.15) is 0 Å². The van der Waals surface area contributed by atoms with E-state index >= 15 is 0 Å². The summed E-state index contributed by atoms with van der Waals surface area (Å²) in [5, 5.41) is 1.75. The molecule has 0 amide bonds. The van der Waals surface area contributed by atoms with Gasteiger partial charge in [-0.05, 0) is 37.9 Å². The Labute approximate surface area is 100 Å². The van der Waals surface area contributed by atoms with E-state index in [-0.39, 0.29) is 11.5 Å². The fraction of sp³-hybridized carbons (Fsp3) is 0. The van der Waals surface area contributed by atoms with Crippen molar-refractivity contribution in [2.24, 2.45) is 0 Å². The second kappa shape index (κ2) is 4.04. The summed E-state index contributed by atoms with van der Waals surface area (Å²) in [6.07, 6.45) is 1.55. The molecule has 2 nitrogen and oxygen atoms in total. The van der Waals surface area contributed by atoms with E-state index < -0.39 is 0 Å². The van der Waals surface area contributed by atoms with Crippen molar-refractivity contribution in [3.8, 4) is 11.4 Å². The number of thiazole rings is 1. The van der Waals surface area contributed by atoms with Crippen molar-refractivity contribution in [2.75, 3.05) is 0 Å². The van der Waals surface area contributed by atoms with Crippen molar-refractivity contribution in [1.29, 1.82) is 0 Å². The van der Waals surface area contributed by atoms with Gasteiger partial charge in [0, 0.05) is 16.0 Å². The third-order valence-corrected chi connectivity index (χ3v) is 3.33. The van der Waals surface area contributed by atoms with Gasteiger partial charge in [0.25, 0.3) is 0 Å². The van der Waals surface area contributed by atoms with E-state index in [1.165, 1.54) is 17.4 Å². The Balaban J connectivity index is 2.52. The number of aromatic nitrogens is 2. The fourth-order valence-corrected chi connectivity index (χ4v) is 2.26. The highest BCUT2D eigenvalue weighted by atomic mass is 79.9. The Kier molecular flexibility index (Phi) is 2.94. The first-order valence-electron chi connectivity index (χ1n) is 3.59. The van der Waals surface area contributed by atoms with Gasteiger partial charge in [0.2, 0.25) is 0 Å². The molecule has 0 unspecified atom stereocenters. The number of halogens is 3. The minimum absolute atomic E-state index is 0.273. The summed E-state index contributed by atoms with van der Waals surface area (Å²) in [5.41, 5.74) is 0.821. The first-order valence-corrected chi connectivity index (χ1v) is 6.06. The average molecular weight is 338 g/mol. The maximum absolute atomic E-state index is 13.4. The normalized spacial score (nSPS) is 10.5. The van der Waals surface area contributed by atoms with Crippen LogP contribution in [-0.2, 0) is 0 Å². The number of hydrogen-bond donors (Lipinski definition) is 0. The van der Waals surface area contributed by atoms with Crippen LogP contribution in [0, 0.1) is 5.82 Å². The Morgan fingerprint density at radius 1 is 1.36 bits per heavy atom. The summed E-state index contributed by atoms with van der Waals surface area (Å²) in [4.78, 5) is 8.05. The predicted octanol–water partition coefficient (Wildman–Crippen LogP) is 3.87. The Morgan fingerprint density at radius 3 is 2.71 bits per heavy atom. The molecule has 14 heavy (non-hydrogen) atoms. The molecule has 0 radical (unpaired) electrons. The Morgan fingerprint density at radius 2 is 2.14 bits per heavy atom. The number of hydrogen-bond acceptors (Lipinski definition) is 3. The summed E-state index contributed by atoms with van der Waals surface area (Å²) in [6.45, 7) is 0. The van der Waals surface area contributed by atoms with E-state index in [4.69, 9.17) is 0 Å². The molecule has 72 valence electrons. The van der Waals surface area contributed by atoms with E-state index in [1.54, 1.807) is 11.6 Å². The third-order valence-electron chi connectivity index (χ3n) is 1.53. The van der Waals surface area contributed by atoms with Gasteiger partial charge in [-0.15, -0.1) is 11.3 Å². The Bertz CT molecular complexity index is 472. The third kappa shape index (κ3) is 2.02. The summed E-state index contributed by atoms with van der Waals surface area (Å²) >= 11 is 7.76. The summed E-state index contributed by atoms with van der Waals surface area (Å²) in [6, 6.07) is 1.37. The summed E-state index contributed by atoms with van der Waals surface area (Å²) in [7, 11) is 0. The molecule has 2 rings (SSSR count). The zero-order chi connectivity index (χ0) is 10.1. The second-order valence-corrected chi connectivity index (χ2v) is 5.52. The highest BCUT2D eigenvalue weighted by Crippen LogP contribution is 2.26. The molecule has 0 spiro atoms. The molecule has 0 saturated carbocycles. The number of pyridine rings is 1. The smallest absolute Gasteiger partial charge is 0.159 e. The highest BCUT2D eigenvalue weighted by Gasteiger charge is 2.10. The van der Waals surface area contributed by atoms with Crippen LogP contribution in [0.2, 0.25) is 0 Å². The summed E-state index contributed by atoms with van der Waals surface area (Å²) < 4.78 is 14.7. The lowest BCUT2D eigenvalue weighted by molar-refractivity contribution is 0.624. The molecule has 2 heterocycles. The SMILES string of the molecule is Fc1cc(Br)cnc1-c1csc(Br)n1. The lowest BCUT2D eigenvalue weighted by atomic mass is 10.3. The highest BCUT2D eigenvalue weighted by molar-refractivity contribution is 9.11. The van der Waals surface area contributed by atoms with Crippen LogP contribution in [0.3, 0.4) is 0 Å². The van der Waals surface area contributed by atoms with Gasteiger partial charge < -0.3 is 0 Å². The standard InChI is InChI=1S/C8H3Br2FN2S/c9-4-1-5(11)7(12-2-4)6-3-14-8(10)13-6/h1-3H. The van der Waals surface area contributed by atoms with Crippen molar-refractivity contribution < 1.29 is 4.39 Å². The van der Waals surface area contributed by atoms with Crippen molar-refractivity contribution in [3.63, 3.8) is 0 Å². The first-order chi connectivity index (χ1) is 6.66. The van der Waals surface area contributed by atoms with Gasteiger partial charge in [0.1, 0.15) is 11.4 Å². The van der Waals surface area contributed by atoms with E-state index in [9.17, 15) is 4.39 Å². The molecular weight excluding hydrogens is 335 g/mol. The zero-order valence-electron chi connectivity index (χ0n) is 6.67. The van der Waals surface area contributed by atoms with Crippen LogP contribution in [0.5, 0.6) is 0 Å². The molecule has 6 heteroatoms. The van der Waals surface area contributed by atoms with Crippen LogP contribution in [0.1, 0.15) is 0 Å². The number of rotatable bonds is 1. The van der Waals surface area contributed by atoms with E-state index in [0.29, 0.717) is 10.2 Å². The molecule has 0 atom stereocenters. The number of nitrogens with zero attached hydrogens (tertiary/aromatic N) is 2. The van der Waals surface area contributed by atoms with Crippen molar-refractivity contribution in [2.45, 2.75) is 0 Å². The Hall–Kier alpha value is -0.330. The maximum Gasteiger partial charge on any atom is 0.159 e. The van der Waals surface area contributed by atoms with Crippen LogP contribution >= 0.6 is 43.2 Å². The molecule has 0 N–H and O–H groups in total. The molecule has 0 aliphatic rings. The molecule has 2 aromatic heterocycles. The molecule has 0 aliphatic carbocycles. The van der Waals surface area contributed by atoms with Gasteiger partial charge in [-0.25, -0.2) is 9.37 Å². The van der Waals surface area contributed by atoms with Crippen molar-refractivity contribution >= 4 is 43.2 Å².